The van der Waals surface area contributed by atoms with Crippen LogP contribution < -0.4 is 0 Å². The summed E-state index contributed by atoms with van der Waals surface area (Å²) >= 11 is 0. The monoisotopic (exact) mass is 567 g/mol. The van der Waals surface area contributed by atoms with E-state index in [9.17, 15) is 9.59 Å². The number of hydrogen-bond donors (Lipinski definition) is 0. The van der Waals surface area contributed by atoms with Crippen LogP contribution in [0.25, 0.3) is 5.57 Å². The summed E-state index contributed by atoms with van der Waals surface area (Å²) in [6.45, 7) is 9.56. The van der Waals surface area contributed by atoms with Crippen molar-refractivity contribution in [3.05, 3.63) is 59.4 Å². The van der Waals surface area contributed by atoms with Crippen molar-refractivity contribution < 1.29 is 23.8 Å². The van der Waals surface area contributed by atoms with Crippen molar-refractivity contribution >= 4 is 17.8 Å². The first-order valence-corrected chi connectivity index (χ1v) is 14.6. The number of likely N-dealkylation sites (N-methyl/N-ethyl adjacent to an activating group) is 2. The van der Waals surface area contributed by atoms with E-state index in [2.05, 4.69) is 17.2 Å². The molecule has 3 heterocycles. The zero-order valence-corrected chi connectivity index (χ0v) is 25.2. The van der Waals surface area contributed by atoms with Gasteiger partial charge in [0.25, 0.3) is 0 Å². The van der Waals surface area contributed by atoms with E-state index in [0.29, 0.717) is 39.1 Å². The zero-order chi connectivity index (χ0) is 29.4. The van der Waals surface area contributed by atoms with Crippen LogP contribution in [0.1, 0.15) is 69.5 Å². The third-order valence-corrected chi connectivity index (χ3v) is 7.20. The fraction of sp³-hybridized carbons (Fsp3) is 0.581. The first-order valence-electron chi connectivity index (χ1n) is 14.6. The lowest BCUT2D eigenvalue weighted by Gasteiger charge is -2.27. The third kappa shape index (κ3) is 9.06. The molecule has 1 aromatic carbocycles. The number of amides is 2. The van der Waals surface area contributed by atoms with Crippen LogP contribution in [0.4, 0.5) is 9.59 Å². The molecule has 1 saturated heterocycles. The van der Waals surface area contributed by atoms with Gasteiger partial charge in [-0.2, -0.15) is 5.10 Å². The van der Waals surface area contributed by atoms with E-state index in [1.165, 1.54) is 0 Å². The Labute approximate surface area is 243 Å². The van der Waals surface area contributed by atoms with Crippen LogP contribution in [-0.2, 0) is 27.4 Å². The largest absolute Gasteiger partial charge is 0.445 e. The maximum absolute atomic E-state index is 12.7. The lowest BCUT2D eigenvalue weighted by atomic mass is 10.0. The van der Waals surface area contributed by atoms with Gasteiger partial charge in [-0.3, -0.25) is 0 Å². The molecule has 2 amide bonds. The van der Waals surface area contributed by atoms with Gasteiger partial charge in [0.2, 0.25) is 0 Å². The molecule has 10 heteroatoms. The van der Waals surface area contributed by atoms with Gasteiger partial charge in [0, 0.05) is 58.1 Å². The highest BCUT2D eigenvalue weighted by molar-refractivity contribution is 5.72. The minimum absolute atomic E-state index is 0.0616. The summed E-state index contributed by atoms with van der Waals surface area (Å²) in [7, 11) is 3.80. The van der Waals surface area contributed by atoms with E-state index in [-0.39, 0.29) is 25.0 Å². The van der Waals surface area contributed by atoms with Gasteiger partial charge in [-0.15, -0.1) is 0 Å². The number of aromatic nitrogens is 2. The van der Waals surface area contributed by atoms with E-state index in [1.807, 2.05) is 62.8 Å². The van der Waals surface area contributed by atoms with Crippen LogP contribution in [0, 0.1) is 0 Å². The van der Waals surface area contributed by atoms with Crippen molar-refractivity contribution in [2.75, 3.05) is 46.9 Å². The summed E-state index contributed by atoms with van der Waals surface area (Å²) in [5, 5.41) is 5.00. The molecular weight excluding hydrogens is 522 g/mol. The number of carbonyl (C=O) groups excluding carboxylic acids is 2. The SMILES string of the molecule is CN(CCN(C)C(=O)OC(C)(C)C)Cc1cn([C@H]2CCCCO2)nc1C1=CCN(C(=O)OCc2ccccc2)CC1. The summed E-state index contributed by atoms with van der Waals surface area (Å²) in [5.41, 5.74) is 3.62. The van der Waals surface area contributed by atoms with Crippen molar-refractivity contribution in [1.82, 2.24) is 24.5 Å². The highest BCUT2D eigenvalue weighted by Gasteiger charge is 2.25. The Balaban J connectivity index is 1.40. The van der Waals surface area contributed by atoms with Crippen molar-refractivity contribution in [3.63, 3.8) is 0 Å². The zero-order valence-electron chi connectivity index (χ0n) is 25.2. The Hall–Kier alpha value is -3.37. The number of rotatable bonds is 9. The van der Waals surface area contributed by atoms with Gasteiger partial charge in [0.15, 0.2) is 0 Å². The standard InChI is InChI=1S/C31H45N5O5/c1-31(2,3)41-29(37)34(5)19-18-33(4)21-26-22-36(27-13-9-10-20-39-27)32-28(26)25-14-16-35(17-15-25)30(38)40-23-24-11-7-6-8-12-24/h6-8,11-12,14,22,27H,9-10,13,15-21,23H2,1-5H3/t27-/m1/s1. The van der Waals surface area contributed by atoms with Crippen molar-refractivity contribution in [3.8, 4) is 0 Å². The Morgan fingerprint density at radius 3 is 2.56 bits per heavy atom. The minimum atomic E-state index is -0.524. The fourth-order valence-corrected chi connectivity index (χ4v) is 4.88. The van der Waals surface area contributed by atoms with E-state index in [1.54, 1.807) is 16.8 Å². The first kappa shape index (κ1) is 30.6. The minimum Gasteiger partial charge on any atom is -0.445 e. The average molecular weight is 568 g/mol. The Kier molecular flexibility index (Phi) is 10.4. The van der Waals surface area contributed by atoms with E-state index in [4.69, 9.17) is 19.3 Å². The molecule has 10 nitrogen and oxygen atoms in total. The Bertz CT molecular complexity index is 1180. The molecule has 0 aliphatic carbocycles. The van der Waals surface area contributed by atoms with Crippen LogP contribution in [0.2, 0.25) is 0 Å². The second-order valence-corrected chi connectivity index (χ2v) is 11.9. The van der Waals surface area contributed by atoms with Gasteiger partial charge in [-0.1, -0.05) is 36.4 Å². The van der Waals surface area contributed by atoms with Crippen molar-refractivity contribution in [2.24, 2.45) is 0 Å². The van der Waals surface area contributed by atoms with Crippen LogP contribution in [0.15, 0.2) is 42.6 Å². The van der Waals surface area contributed by atoms with Gasteiger partial charge >= 0.3 is 12.2 Å². The second-order valence-electron chi connectivity index (χ2n) is 11.9. The molecule has 2 aliphatic rings. The normalized spacial score (nSPS) is 17.8. The van der Waals surface area contributed by atoms with E-state index >= 15 is 0 Å². The summed E-state index contributed by atoms with van der Waals surface area (Å²) in [5.74, 6) is 0. The van der Waals surface area contributed by atoms with Crippen LogP contribution in [-0.4, -0.2) is 89.1 Å². The highest BCUT2D eigenvalue weighted by Crippen LogP contribution is 2.29. The molecule has 2 aliphatic heterocycles. The quantitative estimate of drug-likeness (QED) is 0.406. The number of benzene rings is 1. The predicted molar refractivity (Wildman–Crippen MR) is 157 cm³/mol. The number of carbonyl (C=O) groups is 2. The summed E-state index contributed by atoms with van der Waals surface area (Å²) in [6, 6.07) is 9.71. The van der Waals surface area contributed by atoms with Gasteiger partial charge in [0.05, 0.1) is 5.69 Å². The molecule has 41 heavy (non-hydrogen) atoms. The van der Waals surface area contributed by atoms with E-state index in [0.717, 1.165) is 48.3 Å². The molecule has 1 fully saturated rings. The molecule has 1 aromatic heterocycles. The van der Waals surface area contributed by atoms with Crippen molar-refractivity contribution in [2.45, 2.75) is 71.4 Å². The number of ether oxygens (including phenoxy) is 3. The summed E-state index contributed by atoms with van der Waals surface area (Å²) in [4.78, 5) is 30.6. The van der Waals surface area contributed by atoms with E-state index < -0.39 is 5.60 Å². The molecule has 1 atom stereocenters. The van der Waals surface area contributed by atoms with Crippen molar-refractivity contribution in [1.29, 1.82) is 0 Å². The fourth-order valence-electron chi connectivity index (χ4n) is 4.88. The molecule has 0 unspecified atom stereocenters. The molecule has 0 spiro atoms. The molecule has 0 radical (unpaired) electrons. The number of nitrogens with zero attached hydrogens (tertiary/aromatic N) is 5. The van der Waals surface area contributed by atoms with Crippen LogP contribution >= 0.6 is 0 Å². The maximum atomic E-state index is 12.7. The Morgan fingerprint density at radius 1 is 1.12 bits per heavy atom. The molecule has 0 bridgehead atoms. The van der Waals surface area contributed by atoms with Gasteiger partial charge in [-0.25, -0.2) is 14.3 Å². The highest BCUT2D eigenvalue weighted by atomic mass is 16.6. The molecule has 0 saturated carbocycles. The van der Waals surface area contributed by atoms with Gasteiger partial charge in [-0.05, 0) is 64.6 Å². The second kappa shape index (κ2) is 14.0. The number of hydrogen-bond acceptors (Lipinski definition) is 7. The molecule has 224 valence electrons. The molecule has 4 rings (SSSR count). The molecule has 2 aromatic rings. The van der Waals surface area contributed by atoms with Crippen LogP contribution in [0.5, 0.6) is 0 Å². The lowest BCUT2D eigenvalue weighted by Crippen LogP contribution is -2.38. The van der Waals surface area contributed by atoms with Gasteiger partial charge in [0.1, 0.15) is 18.4 Å². The smallest absolute Gasteiger partial charge is 0.410 e. The molecule has 0 N–H and O–H groups in total. The summed E-state index contributed by atoms with van der Waals surface area (Å²) in [6.07, 6.45) is 7.32. The molecular formula is C31H45N5O5. The van der Waals surface area contributed by atoms with Crippen LogP contribution in [0.3, 0.4) is 0 Å². The average Bonchev–Trinajstić information content (AvgIpc) is 3.38. The van der Waals surface area contributed by atoms with Gasteiger partial charge < -0.3 is 28.9 Å². The topological polar surface area (TPSA) is 89.4 Å². The Morgan fingerprint density at radius 2 is 1.90 bits per heavy atom. The lowest BCUT2D eigenvalue weighted by molar-refractivity contribution is -0.0396. The third-order valence-electron chi connectivity index (χ3n) is 7.20. The predicted octanol–water partition coefficient (Wildman–Crippen LogP) is 5.31. The first-order chi connectivity index (χ1) is 19.6. The summed E-state index contributed by atoms with van der Waals surface area (Å²) < 4.78 is 19.0. The maximum Gasteiger partial charge on any atom is 0.410 e.